The van der Waals surface area contributed by atoms with Crippen LogP contribution in [-0.4, -0.2) is 49.5 Å². The molecule has 0 aliphatic heterocycles. The summed E-state index contributed by atoms with van der Waals surface area (Å²) in [6.45, 7) is 1.75. The number of ether oxygens (including phenoxy) is 2. The van der Waals surface area contributed by atoms with Crippen LogP contribution in [0.3, 0.4) is 0 Å². The number of benzene rings is 1. The lowest BCUT2D eigenvalue weighted by atomic mass is 9.90. The molecule has 2 heterocycles. The quantitative estimate of drug-likeness (QED) is 0.401. The van der Waals surface area contributed by atoms with Gasteiger partial charge in [0.2, 0.25) is 5.88 Å². The standard InChI is InChI=1S/C27H31ClFN5O5/c1-4-38-23(35)13-39-22-10-21(34(3)32-22)27(37)11-16-7-15(8-17(16)12-27)24-25(33(2)14-30-24)26(36)31-18-5-6-20(29)19(28)9-18/h5-6,9-10,14-17,37H,4,7-8,11-13H2,1-3H3,(H,31,36). The van der Waals surface area contributed by atoms with E-state index in [0.29, 0.717) is 29.9 Å². The second kappa shape index (κ2) is 10.6. The molecule has 3 aromatic rings. The van der Waals surface area contributed by atoms with Crippen LogP contribution in [0.15, 0.2) is 30.6 Å². The van der Waals surface area contributed by atoms with Gasteiger partial charge in [0.25, 0.3) is 5.91 Å². The number of aromatic nitrogens is 4. The monoisotopic (exact) mass is 559 g/mol. The molecule has 1 amide bonds. The Morgan fingerprint density at radius 1 is 1.23 bits per heavy atom. The average molecular weight is 560 g/mol. The number of hydrogen-bond donors (Lipinski definition) is 2. The zero-order chi connectivity index (χ0) is 27.9. The van der Waals surface area contributed by atoms with Gasteiger partial charge in [0.15, 0.2) is 6.61 Å². The van der Waals surface area contributed by atoms with Crippen LogP contribution in [-0.2, 0) is 29.2 Å². The highest BCUT2D eigenvalue weighted by Gasteiger charge is 2.51. The highest BCUT2D eigenvalue weighted by molar-refractivity contribution is 6.31. The van der Waals surface area contributed by atoms with Crippen molar-refractivity contribution in [3.8, 4) is 5.88 Å². The maximum atomic E-state index is 13.5. The Kier molecular flexibility index (Phi) is 7.39. The molecular weight excluding hydrogens is 529 g/mol. The molecule has 0 spiro atoms. The van der Waals surface area contributed by atoms with Crippen LogP contribution in [0.25, 0.3) is 0 Å². The van der Waals surface area contributed by atoms with Gasteiger partial charge in [-0.2, -0.15) is 0 Å². The third-order valence-corrected chi connectivity index (χ3v) is 8.05. The van der Waals surface area contributed by atoms with E-state index in [4.69, 9.17) is 21.1 Å². The largest absolute Gasteiger partial charge is 0.465 e. The van der Waals surface area contributed by atoms with Crippen molar-refractivity contribution in [1.29, 1.82) is 0 Å². The van der Waals surface area contributed by atoms with Gasteiger partial charge in [-0.25, -0.2) is 14.2 Å². The number of aliphatic hydroxyl groups is 1. The Bertz CT molecular complexity index is 1390. The van der Waals surface area contributed by atoms with Gasteiger partial charge in [0.1, 0.15) is 17.1 Å². The van der Waals surface area contributed by atoms with E-state index in [0.717, 1.165) is 18.5 Å². The molecule has 208 valence electrons. The average Bonchev–Trinajstić information content (AvgIpc) is 3.62. The minimum Gasteiger partial charge on any atom is -0.465 e. The fourth-order valence-corrected chi connectivity index (χ4v) is 6.35. The first-order chi connectivity index (χ1) is 18.6. The lowest BCUT2D eigenvalue weighted by molar-refractivity contribution is -0.145. The number of nitrogens with one attached hydrogen (secondary N) is 1. The summed E-state index contributed by atoms with van der Waals surface area (Å²) in [4.78, 5) is 29.4. The molecule has 2 unspecified atom stereocenters. The van der Waals surface area contributed by atoms with Gasteiger partial charge in [0.05, 0.1) is 29.3 Å². The molecule has 1 aromatic carbocycles. The van der Waals surface area contributed by atoms with Crippen LogP contribution in [0.4, 0.5) is 10.1 Å². The fraction of sp³-hybridized carbons (Fsp3) is 0.481. The van der Waals surface area contributed by atoms with E-state index in [-0.39, 0.29) is 47.8 Å². The summed E-state index contributed by atoms with van der Waals surface area (Å²) in [7, 11) is 3.51. The molecule has 0 saturated heterocycles. The van der Waals surface area contributed by atoms with Crippen LogP contribution in [0, 0.1) is 17.7 Å². The summed E-state index contributed by atoms with van der Waals surface area (Å²) >= 11 is 5.87. The van der Waals surface area contributed by atoms with Gasteiger partial charge >= 0.3 is 5.97 Å². The number of aryl methyl sites for hydroxylation is 2. The summed E-state index contributed by atoms with van der Waals surface area (Å²) in [6.07, 6.45) is 4.30. The predicted octanol–water partition coefficient (Wildman–Crippen LogP) is 3.93. The van der Waals surface area contributed by atoms with Crippen LogP contribution in [0.1, 0.15) is 60.4 Å². The molecule has 0 radical (unpaired) electrons. The van der Waals surface area contributed by atoms with Gasteiger partial charge in [0, 0.05) is 31.8 Å². The molecule has 2 aliphatic carbocycles. The van der Waals surface area contributed by atoms with E-state index in [9.17, 15) is 19.1 Å². The predicted molar refractivity (Wildman–Crippen MR) is 140 cm³/mol. The van der Waals surface area contributed by atoms with Gasteiger partial charge in [-0.3, -0.25) is 9.48 Å². The van der Waals surface area contributed by atoms with Crippen molar-refractivity contribution < 1.29 is 28.6 Å². The first kappa shape index (κ1) is 27.1. The van der Waals surface area contributed by atoms with Crippen molar-refractivity contribution >= 4 is 29.2 Å². The molecule has 2 aliphatic rings. The summed E-state index contributed by atoms with van der Waals surface area (Å²) < 4.78 is 27.2. The lowest BCUT2D eigenvalue weighted by Gasteiger charge is -2.24. The lowest BCUT2D eigenvalue weighted by Crippen LogP contribution is -2.26. The maximum Gasteiger partial charge on any atom is 0.344 e. The molecule has 2 fully saturated rings. The van der Waals surface area contributed by atoms with Crippen LogP contribution in [0.5, 0.6) is 5.88 Å². The molecule has 39 heavy (non-hydrogen) atoms. The first-order valence-corrected chi connectivity index (χ1v) is 13.3. The Hall–Kier alpha value is -3.44. The summed E-state index contributed by atoms with van der Waals surface area (Å²) in [5.41, 5.74) is 1.14. The van der Waals surface area contributed by atoms with Crippen molar-refractivity contribution in [3.63, 3.8) is 0 Å². The van der Waals surface area contributed by atoms with Gasteiger partial charge < -0.3 is 24.5 Å². The minimum atomic E-state index is -1.07. The summed E-state index contributed by atoms with van der Waals surface area (Å²) in [5.74, 6) is -0.561. The van der Waals surface area contributed by atoms with E-state index in [1.165, 1.54) is 18.2 Å². The number of carbonyl (C=O) groups is 2. The molecule has 5 rings (SSSR count). The number of esters is 1. The van der Waals surface area contributed by atoms with Gasteiger partial charge in [-0.05, 0) is 62.6 Å². The SMILES string of the molecule is CCOC(=O)COc1cc(C2(O)CC3CC(c4ncn(C)c4C(=O)Nc4ccc(F)c(Cl)c4)CC3C2)n(C)n1. The number of hydrogen-bond acceptors (Lipinski definition) is 7. The highest BCUT2D eigenvalue weighted by Crippen LogP contribution is 2.57. The summed E-state index contributed by atoms with van der Waals surface area (Å²) in [6, 6.07) is 5.72. The van der Waals surface area contributed by atoms with Crippen molar-refractivity contribution in [1.82, 2.24) is 19.3 Å². The molecule has 2 saturated carbocycles. The first-order valence-electron chi connectivity index (χ1n) is 12.9. The Morgan fingerprint density at radius 3 is 2.62 bits per heavy atom. The number of halogens is 2. The van der Waals surface area contributed by atoms with E-state index in [1.807, 2.05) is 0 Å². The molecule has 10 nitrogen and oxygen atoms in total. The second-order valence-corrected chi connectivity index (χ2v) is 10.8. The van der Waals surface area contributed by atoms with Crippen LogP contribution < -0.4 is 10.1 Å². The van der Waals surface area contributed by atoms with Crippen molar-refractivity contribution in [2.45, 2.75) is 44.1 Å². The van der Waals surface area contributed by atoms with Crippen molar-refractivity contribution in [2.75, 3.05) is 18.5 Å². The van der Waals surface area contributed by atoms with Crippen LogP contribution in [0.2, 0.25) is 5.02 Å². The Balaban J connectivity index is 1.26. The number of carbonyl (C=O) groups excluding carboxylic acids is 2. The normalized spacial score (nSPS) is 24.0. The van der Waals surface area contributed by atoms with Crippen molar-refractivity contribution in [3.05, 3.63) is 58.5 Å². The van der Waals surface area contributed by atoms with Gasteiger partial charge in [-0.15, -0.1) is 5.10 Å². The molecular formula is C27H31ClFN5O5. The Labute approximate surface area is 230 Å². The zero-order valence-corrected chi connectivity index (χ0v) is 22.7. The fourth-order valence-electron chi connectivity index (χ4n) is 6.17. The number of amides is 1. The molecule has 2 atom stereocenters. The summed E-state index contributed by atoms with van der Waals surface area (Å²) in [5, 5.41) is 18.6. The van der Waals surface area contributed by atoms with Gasteiger partial charge in [-0.1, -0.05) is 11.6 Å². The topological polar surface area (TPSA) is 121 Å². The second-order valence-electron chi connectivity index (χ2n) is 10.4. The molecule has 0 bridgehead atoms. The molecule has 12 heteroatoms. The number of rotatable bonds is 8. The maximum absolute atomic E-state index is 13.5. The van der Waals surface area contributed by atoms with E-state index in [1.54, 1.807) is 42.7 Å². The number of fused-ring (bicyclic) bond motifs is 1. The Morgan fingerprint density at radius 2 is 1.95 bits per heavy atom. The zero-order valence-electron chi connectivity index (χ0n) is 22.0. The van der Waals surface area contributed by atoms with E-state index >= 15 is 0 Å². The minimum absolute atomic E-state index is 0.0679. The highest BCUT2D eigenvalue weighted by atomic mass is 35.5. The number of anilines is 1. The smallest absolute Gasteiger partial charge is 0.344 e. The van der Waals surface area contributed by atoms with E-state index in [2.05, 4.69) is 15.4 Å². The number of nitrogens with zero attached hydrogens (tertiary/aromatic N) is 4. The third-order valence-electron chi connectivity index (χ3n) is 7.76. The van der Waals surface area contributed by atoms with E-state index < -0.39 is 17.4 Å². The molecule has 2 aromatic heterocycles. The number of imidazole rings is 1. The van der Waals surface area contributed by atoms with Crippen LogP contribution >= 0.6 is 11.6 Å². The molecule has 2 N–H and O–H groups in total. The van der Waals surface area contributed by atoms with Crippen molar-refractivity contribution in [2.24, 2.45) is 25.9 Å². The third kappa shape index (κ3) is 5.38.